The van der Waals surface area contributed by atoms with Crippen LogP contribution in [0.4, 0.5) is 4.39 Å². The molecule has 0 aliphatic heterocycles. The Labute approximate surface area is 105 Å². The Balaban J connectivity index is 2.56. The molecule has 17 heavy (non-hydrogen) atoms. The van der Waals surface area contributed by atoms with Crippen LogP contribution in [0.5, 0.6) is 0 Å². The highest BCUT2D eigenvalue weighted by Gasteiger charge is 2.08. The van der Waals surface area contributed by atoms with Gasteiger partial charge in [0.05, 0.1) is 0 Å². The second-order valence-electron chi connectivity index (χ2n) is 3.98. The summed E-state index contributed by atoms with van der Waals surface area (Å²) in [7, 11) is 0. The van der Waals surface area contributed by atoms with Crippen LogP contribution in [-0.4, -0.2) is 0 Å². The number of hydrogen-bond acceptors (Lipinski definition) is 1. The van der Waals surface area contributed by atoms with Gasteiger partial charge in [0.15, 0.2) is 0 Å². The van der Waals surface area contributed by atoms with Gasteiger partial charge >= 0.3 is 0 Å². The van der Waals surface area contributed by atoms with Crippen LogP contribution in [0, 0.1) is 12.7 Å². The number of nitrogens with two attached hydrogens (primary N) is 1. The molecule has 88 valence electrons. The smallest absolute Gasteiger partial charge is 0.123 e. The van der Waals surface area contributed by atoms with Crippen LogP contribution in [-0.2, 0) is 6.54 Å². The molecule has 0 bridgehead atoms. The van der Waals surface area contributed by atoms with Crippen molar-refractivity contribution >= 4 is 11.6 Å². The quantitative estimate of drug-likeness (QED) is 0.858. The van der Waals surface area contributed by atoms with Gasteiger partial charge in [-0.15, -0.1) is 0 Å². The van der Waals surface area contributed by atoms with E-state index in [0.29, 0.717) is 11.6 Å². The summed E-state index contributed by atoms with van der Waals surface area (Å²) < 4.78 is 13.2. The molecule has 0 unspecified atom stereocenters. The van der Waals surface area contributed by atoms with Gasteiger partial charge in [-0.2, -0.15) is 0 Å². The van der Waals surface area contributed by atoms with Gasteiger partial charge in [0, 0.05) is 17.1 Å². The zero-order chi connectivity index (χ0) is 12.4. The van der Waals surface area contributed by atoms with Crippen molar-refractivity contribution in [3.05, 3.63) is 58.4 Å². The topological polar surface area (TPSA) is 26.0 Å². The number of benzene rings is 2. The monoisotopic (exact) mass is 249 g/mol. The minimum absolute atomic E-state index is 0.260. The summed E-state index contributed by atoms with van der Waals surface area (Å²) in [6.45, 7) is 2.38. The molecule has 2 aromatic carbocycles. The number of aryl methyl sites for hydroxylation is 1. The van der Waals surface area contributed by atoms with E-state index >= 15 is 0 Å². The fourth-order valence-corrected chi connectivity index (χ4v) is 2.09. The fourth-order valence-electron chi connectivity index (χ4n) is 1.79. The van der Waals surface area contributed by atoms with Crippen LogP contribution in [0.2, 0.25) is 5.02 Å². The standard InChI is InChI=1S/C14H13ClFN/c1-9-2-4-11(16)7-13(9)12-5-3-10(8-17)6-14(12)15/h2-7H,8,17H2,1H3. The van der Waals surface area contributed by atoms with E-state index in [4.69, 9.17) is 17.3 Å². The first-order chi connectivity index (χ1) is 8.11. The Hall–Kier alpha value is -1.38. The van der Waals surface area contributed by atoms with E-state index in [9.17, 15) is 4.39 Å². The minimum atomic E-state index is -0.260. The fraction of sp³-hybridized carbons (Fsp3) is 0.143. The van der Waals surface area contributed by atoms with Crippen LogP contribution in [0.25, 0.3) is 11.1 Å². The molecule has 0 amide bonds. The normalized spacial score (nSPS) is 10.6. The second kappa shape index (κ2) is 4.86. The Bertz CT molecular complexity index is 552. The Morgan fingerprint density at radius 1 is 1.12 bits per heavy atom. The molecule has 0 aromatic heterocycles. The molecular formula is C14H13ClFN. The first-order valence-corrected chi connectivity index (χ1v) is 5.74. The summed E-state index contributed by atoms with van der Waals surface area (Å²) in [6, 6.07) is 10.3. The highest BCUT2D eigenvalue weighted by molar-refractivity contribution is 6.33. The molecule has 0 saturated heterocycles. The van der Waals surface area contributed by atoms with Crippen LogP contribution in [0.1, 0.15) is 11.1 Å². The van der Waals surface area contributed by atoms with Crippen molar-refractivity contribution in [1.29, 1.82) is 0 Å². The summed E-state index contributed by atoms with van der Waals surface area (Å²) in [5.41, 5.74) is 9.15. The number of hydrogen-bond donors (Lipinski definition) is 1. The lowest BCUT2D eigenvalue weighted by atomic mass is 9.99. The van der Waals surface area contributed by atoms with E-state index in [1.165, 1.54) is 12.1 Å². The lowest BCUT2D eigenvalue weighted by Crippen LogP contribution is -1.96. The van der Waals surface area contributed by atoms with Crippen molar-refractivity contribution in [2.45, 2.75) is 13.5 Å². The lowest BCUT2D eigenvalue weighted by Gasteiger charge is -2.09. The maximum Gasteiger partial charge on any atom is 0.123 e. The molecule has 0 atom stereocenters. The molecule has 1 nitrogen and oxygen atoms in total. The molecule has 0 saturated carbocycles. The number of halogens is 2. The van der Waals surface area contributed by atoms with Crippen molar-refractivity contribution in [1.82, 2.24) is 0 Å². The van der Waals surface area contributed by atoms with Crippen molar-refractivity contribution in [2.75, 3.05) is 0 Å². The van der Waals surface area contributed by atoms with Gasteiger partial charge in [-0.1, -0.05) is 29.8 Å². The van der Waals surface area contributed by atoms with Gasteiger partial charge in [-0.3, -0.25) is 0 Å². The number of rotatable bonds is 2. The molecule has 0 heterocycles. The van der Waals surface area contributed by atoms with Gasteiger partial charge in [-0.05, 0) is 41.8 Å². The summed E-state index contributed by atoms with van der Waals surface area (Å²) in [5.74, 6) is -0.260. The third-order valence-electron chi connectivity index (χ3n) is 2.76. The summed E-state index contributed by atoms with van der Waals surface area (Å²) in [5, 5.41) is 0.599. The predicted octanol–water partition coefficient (Wildman–Crippen LogP) is 3.91. The maximum atomic E-state index is 13.2. The molecule has 0 fully saturated rings. The summed E-state index contributed by atoms with van der Waals surface area (Å²) >= 11 is 6.19. The molecule has 2 N–H and O–H groups in total. The van der Waals surface area contributed by atoms with Crippen LogP contribution in [0.15, 0.2) is 36.4 Å². The van der Waals surface area contributed by atoms with E-state index in [2.05, 4.69) is 0 Å². The molecule has 0 radical (unpaired) electrons. The third-order valence-corrected chi connectivity index (χ3v) is 3.07. The molecule has 0 aliphatic rings. The lowest BCUT2D eigenvalue weighted by molar-refractivity contribution is 0.628. The van der Waals surface area contributed by atoms with E-state index in [0.717, 1.165) is 22.3 Å². The maximum absolute atomic E-state index is 13.2. The predicted molar refractivity (Wildman–Crippen MR) is 69.5 cm³/mol. The van der Waals surface area contributed by atoms with Gasteiger partial charge in [0.2, 0.25) is 0 Å². The molecule has 3 heteroatoms. The zero-order valence-corrected chi connectivity index (χ0v) is 10.3. The molecule has 0 aliphatic carbocycles. The molecule has 2 rings (SSSR count). The SMILES string of the molecule is Cc1ccc(F)cc1-c1ccc(CN)cc1Cl. The summed E-state index contributed by atoms with van der Waals surface area (Å²) in [4.78, 5) is 0. The van der Waals surface area contributed by atoms with Crippen molar-refractivity contribution < 1.29 is 4.39 Å². The second-order valence-corrected chi connectivity index (χ2v) is 4.38. The Morgan fingerprint density at radius 3 is 2.53 bits per heavy atom. The van der Waals surface area contributed by atoms with E-state index < -0.39 is 0 Å². The van der Waals surface area contributed by atoms with Crippen LogP contribution < -0.4 is 5.73 Å². The first kappa shape index (κ1) is 12.1. The van der Waals surface area contributed by atoms with Crippen molar-refractivity contribution in [2.24, 2.45) is 5.73 Å². The Kier molecular flexibility index (Phi) is 3.46. The Morgan fingerprint density at radius 2 is 1.88 bits per heavy atom. The highest BCUT2D eigenvalue weighted by atomic mass is 35.5. The average Bonchev–Trinajstić information content (AvgIpc) is 2.32. The van der Waals surface area contributed by atoms with Gasteiger partial charge in [-0.25, -0.2) is 4.39 Å². The molecular weight excluding hydrogens is 237 g/mol. The third kappa shape index (κ3) is 2.48. The van der Waals surface area contributed by atoms with Crippen LogP contribution in [0.3, 0.4) is 0 Å². The van der Waals surface area contributed by atoms with Crippen molar-refractivity contribution in [3.63, 3.8) is 0 Å². The van der Waals surface area contributed by atoms with Gasteiger partial charge in [0.1, 0.15) is 5.82 Å². The molecule has 2 aromatic rings. The highest BCUT2D eigenvalue weighted by Crippen LogP contribution is 2.31. The van der Waals surface area contributed by atoms with Gasteiger partial charge < -0.3 is 5.73 Å². The van der Waals surface area contributed by atoms with E-state index in [-0.39, 0.29) is 5.82 Å². The van der Waals surface area contributed by atoms with E-state index in [1.54, 1.807) is 6.07 Å². The first-order valence-electron chi connectivity index (χ1n) is 5.37. The van der Waals surface area contributed by atoms with E-state index in [1.807, 2.05) is 25.1 Å². The van der Waals surface area contributed by atoms with Crippen molar-refractivity contribution in [3.8, 4) is 11.1 Å². The van der Waals surface area contributed by atoms with Gasteiger partial charge in [0.25, 0.3) is 0 Å². The minimum Gasteiger partial charge on any atom is -0.326 e. The summed E-state index contributed by atoms with van der Waals surface area (Å²) in [6.07, 6.45) is 0. The molecule has 0 spiro atoms. The zero-order valence-electron chi connectivity index (χ0n) is 9.50. The average molecular weight is 250 g/mol. The largest absolute Gasteiger partial charge is 0.326 e. The van der Waals surface area contributed by atoms with Crippen LogP contribution >= 0.6 is 11.6 Å².